The van der Waals surface area contributed by atoms with Crippen LogP contribution in [0.3, 0.4) is 0 Å². The van der Waals surface area contributed by atoms with Crippen LogP contribution in [0.5, 0.6) is 0 Å². The van der Waals surface area contributed by atoms with E-state index in [1.54, 1.807) is 0 Å². The number of aromatic nitrogens is 3. The van der Waals surface area contributed by atoms with E-state index >= 15 is 0 Å². The number of aromatic amines is 1. The fraction of sp³-hybridized carbons (Fsp3) is 0.591. The maximum Gasteiger partial charge on any atom is 0.221 e. The number of hydrogen-bond donors (Lipinski definition) is 2. The minimum absolute atomic E-state index is 0.0182. The number of amides is 1. The summed E-state index contributed by atoms with van der Waals surface area (Å²) in [5.74, 6) is -0.555. The fourth-order valence-corrected chi connectivity index (χ4v) is 6.33. The highest BCUT2D eigenvalue weighted by molar-refractivity contribution is 7.89. The van der Waals surface area contributed by atoms with Gasteiger partial charge in [0.2, 0.25) is 15.9 Å². The topological polar surface area (TPSA) is 117 Å². The van der Waals surface area contributed by atoms with E-state index in [9.17, 15) is 17.6 Å². The van der Waals surface area contributed by atoms with E-state index in [2.05, 4.69) is 20.3 Å². The number of halogens is 2. The van der Waals surface area contributed by atoms with E-state index in [1.807, 2.05) is 6.92 Å². The molecule has 1 amide bonds. The van der Waals surface area contributed by atoms with Crippen LogP contribution >= 0.6 is 11.6 Å². The molecule has 2 aliphatic heterocycles. The number of piperidine rings is 1. The highest BCUT2D eigenvalue weighted by Gasteiger charge is 2.35. The third kappa shape index (κ3) is 5.94. The van der Waals surface area contributed by atoms with E-state index in [1.165, 1.54) is 16.4 Å². The third-order valence-electron chi connectivity index (χ3n) is 6.43. The number of carbonyl (C=O) groups is 1. The predicted molar refractivity (Wildman–Crippen MR) is 125 cm³/mol. The monoisotopic (exact) mass is 513 g/mol. The number of hydrogen-bond acceptors (Lipinski definition) is 6. The molecule has 2 N–H and O–H groups in total. The van der Waals surface area contributed by atoms with Crippen LogP contribution in [0.15, 0.2) is 18.3 Å². The molecule has 9 nitrogen and oxygen atoms in total. The van der Waals surface area contributed by atoms with Crippen molar-refractivity contribution in [2.75, 3.05) is 32.0 Å². The van der Waals surface area contributed by atoms with Crippen LogP contribution in [0.4, 0.5) is 4.39 Å². The first-order valence-corrected chi connectivity index (χ1v) is 13.4. The number of nitrogens with one attached hydrogen (secondary N) is 2. The fourth-order valence-electron chi connectivity index (χ4n) is 4.51. The molecule has 0 unspecified atom stereocenters. The third-order valence-corrected chi connectivity index (χ3v) is 8.55. The Hall–Kier alpha value is -2.08. The van der Waals surface area contributed by atoms with Crippen LogP contribution in [0, 0.1) is 11.7 Å². The van der Waals surface area contributed by atoms with Crippen molar-refractivity contribution in [1.29, 1.82) is 0 Å². The van der Waals surface area contributed by atoms with Crippen LogP contribution in [-0.4, -0.2) is 71.7 Å². The normalized spacial score (nSPS) is 23.8. The first-order chi connectivity index (χ1) is 16.2. The highest BCUT2D eigenvalue weighted by atomic mass is 35.5. The predicted octanol–water partition coefficient (Wildman–Crippen LogP) is 2.70. The summed E-state index contributed by atoms with van der Waals surface area (Å²) >= 11 is 6.38. The summed E-state index contributed by atoms with van der Waals surface area (Å²) in [6.07, 6.45) is 3.51. The summed E-state index contributed by atoms with van der Waals surface area (Å²) in [7, 11) is -3.57. The van der Waals surface area contributed by atoms with Gasteiger partial charge < -0.3 is 15.0 Å². The Morgan fingerprint density at radius 2 is 2.21 bits per heavy atom. The van der Waals surface area contributed by atoms with Gasteiger partial charge in [-0.25, -0.2) is 27.1 Å². The van der Waals surface area contributed by atoms with Crippen LogP contribution in [0.1, 0.15) is 44.2 Å². The first kappa shape index (κ1) is 25.0. The minimum Gasteiger partial charge on any atom is -0.376 e. The van der Waals surface area contributed by atoms with Gasteiger partial charge in [-0.3, -0.25) is 4.79 Å². The zero-order valence-electron chi connectivity index (χ0n) is 19.0. The standard InChI is InChI=1S/C22H29ClFN5O4S/c1-14-13-29(34(31,32)10-7-19(30)26-12-16-3-2-9-33-16)8-6-17(14)20-21(23)28-22(27-20)18-5-4-15(24)11-25-18/h4-5,11,14,16-17H,2-3,6-10,12-13H2,1H3,(H,26,30)(H,27,28)/t14-,16+,17+/m0/s1. The van der Waals surface area contributed by atoms with Crippen molar-refractivity contribution in [2.24, 2.45) is 5.92 Å². The zero-order chi connectivity index (χ0) is 24.3. The maximum absolute atomic E-state index is 13.2. The quantitative estimate of drug-likeness (QED) is 0.560. The molecule has 34 heavy (non-hydrogen) atoms. The van der Waals surface area contributed by atoms with Crippen LogP contribution in [0.25, 0.3) is 11.5 Å². The Balaban J connectivity index is 1.32. The molecule has 2 fully saturated rings. The van der Waals surface area contributed by atoms with Crippen LogP contribution in [0.2, 0.25) is 5.15 Å². The Labute approximate surface area is 203 Å². The second-order valence-corrected chi connectivity index (χ2v) is 11.3. The van der Waals surface area contributed by atoms with E-state index in [0.29, 0.717) is 49.3 Å². The van der Waals surface area contributed by atoms with Crippen molar-refractivity contribution in [1.82, 2.24) is 24.6 Å². The van der Waals surface area contributed by atoms with E-state index in [0.717, 1.165) is 24.7 Å². The van der Waals surface area contributed by atoms with Crippen LogP contribution < -0.4 is 5.32 Å². The molecule has 186 valence electrons. The smallest absolute Gasteiger partial charge is 0.221 e. The van der Waals surface area contributed by atoms with Gasteiger partial charge in [0.05, 0.1) is 23.7 Å². The van der Waals surface area contributed by atoms with Crippen molar-refractivity contribution in [3.8, 4) is 11.5 Å². The second kappa shape index (κ2) is 10.7. The molecular weight excluding hydrogens is 485 g/mol. The molecule has 0 saturated carbocycles. The molecule has 0 spiro atoms. The van der Waals surface area contributed by atoms with Gasteiger partial charge in [0, 0.05) is 38.6 Å². The number of H-pyrrole nitrogens is 1. The Bertz CT molecular complexity index is 1100. The van der Waals surface area contributed by atoms with Gasteiger partial charge in [0.1, 0.15) is 11.5 Å². The second-order valence-electron chi connectivity index (χ2n) is 8.89. The minimum atomic E-state index is -3.57. The van der Waals surface area contributed by atoms with Gasteiger partial charge in [0.15, 0.2) is 11.0 Å². The average molecular weight is 514 g/mol. The Kier molecular flexibility index (Phi) is 7.86. The molecule has 2 aromatic heterocycles. The molecule has 0 bridgehead atoms. The van der Waals surface area contributed by atoms with Crippen LogP contribution in [-0.2, 0) is 19.6 Å². The summed E-state index contributed by atoms with van der Waals surface area (Å²) in [6, 6.07) is 2.82. The van der Waals surface area contributed by atoms with E-state index in [4.69, 9.17) is 16.3 Å². The average Bonchev–Trinajstić information content (AvgIpc) is 3.46. The van der Waals surface area contributed by atoms with Crippen molar-refractivity contribution in [2.45, 2.75) is 44.6 Å². The summed E-state index contributed by atoms with van der Waals surface area (Å²) in [4.78, 5) is 23.6. The van der Waals surface area contributed by atoms with Crippen molar-refractivity contribution >= 4 is 27.5 Å². The number of pyridine rings is 1. The summed E-state index contributed by atoms with van der Waals surface area (Å²) in [5, 5.41) is 3.07. The molecule has 12 heteroatoms. The van der Waals surface area contributed by atoms with Gasteiger partial charge in [-0.1, -0.05) is 18.5 Å². The van der Waals surface area contributed by atoms with Gasteiger partial charge in [-0.2, -0.15) is 0 Å². The number of ether oxygens (including phenoxy) is 1. The van der Waals surface area contributed by atoms with E-state index in [-0.39, 0.29) is 36.0 Å². The van der Waals surface area contributed by atoms with Crippen molar-refractivity contribution in [3.05, 3.63) is 35.0 Å². The number of nitrogens with zero attached hydrogens (tertiary/aromatic N) is 3. The zero-order valence-corrected chi connectivity index (χ0v) is 20.5. The molecule has 0 aliphatic carbocycles. The van der Waals surface area contributed by atoms with Crippen molar-refractivity contribution < 1.29 is 22.3 Å². The lowest BCUT2D eigenvalue weighted by atomic mass is 9.86. The lowest BCUT2D eigenvalue weighted by Gasteiger charge is -2.35. The number of imidazole rings is 1. The largest absolute Gasteiger partial charge is 0.376 e. The van der Waals surface area contributed by atoms with Gasteiger partial charge in [0.25, 0.3) is 0 Å². The molecule has 2 aliphatic rings. The lowest BCUT2D eigenvalue weighted by Crippen LogP contribution is -2.44. The van der Waals surface area contributed by atoms with Crippen molar-refractivity contribution in [3.63, 3.8) is 0 Å². The Morgan fingerprint density at radius 3 is 2.88 bits per heavy atom. The highest BCUT2D eigenvalue weighted by Crippen LogP contribution is 2.37. The lowest BCUT2D eigenvalue weighted by molar-refractivity contribution is -0.121. The summed E-state index contributed by atoms with van der Waals surface area (Å²) in [6.45, 7) is 3.74. The molecular formula is C22H29ClFN5O4S. The van der Waals surface area contributed by atoms with Gasteiger partial charge >= 0.3 is 0 Å². The molecule has 2 saturated heterocycles. The SMILES string of the molecule is C[C@H]1CN(S(=O)(=O)CCC(=O)NC[C@H]2CCCO2)CC[C@H]1c1[nH]c(-c2ccc(F)cn2)nc1Cl. The van der Waals surface area contributed by atoms with Gasteiger partial charge in [-0.15, -0.1) is 0 Å². The maximum atomic E-state index is 13.2. The molecule has 0 aromatic carbocycles. The Morgan fingerprint density at radius 1 is 1.38 bits per heavy atom. The number of rotatable bonds is 8. The molecule has 4 heterocycles. The number of sulfonamides is 1. The number of carbonyl (C=O) groups excluding carboxylic acids is 1. The summed E-state index contributed by atoms with van der Waals surface area (Å²) < 4.78 is 45.8. The van der Waals surface area contributed by atoms with E-state index < -0.39 is 15.8 Å². The summed E-state index contributed by atoms with van der Waals surface area (Å²) in [5.41, 5.74) is 1.20. The molecule has 4 rings (SSSR count). The first-order valence-electron chi connectivity index (χ1n) is 11.5. The molecule has 2 aromatic rings. The van der Waals surface area contributed by atoms with Gasteiger partial charge in [-0.05, 0) is 37.3 Å². The molecule has 3 atom stereocenters. The molecule has 0 radical (unpaired) electrons.